The van der Waals surface area contributed by atoms with Crippen LogP contribution in [-0.2, 0) is 6.54 Å². The maximum atomic E-state index is 5.45. The zero-order valence-electron chi connectivity index (χ0n) is 12.3. The molecule has 1 aliphatic carbocycles. The Bertz CT molecular complexity index is 360. The van der Waals surface area contributed by atoms with E-state index < -0.39 is 0 Å². The van der Waals surface area contributed by atoms with Gasteiger partial charge in [0.25, 0.3) is 0 Å². The van der Waals surface area contributed by atoms with Crippen LogP contribution < -0.4 is 10.1 Å². The first-order valence-electron chi connectivity index (χ1n) is 7.70. The molecule has 0 spiro atoms. The second-order valence-electron chi connectivity index (χ2n) is 5.85. The van der Waals surface area contributed by atoms with Crippen molar-refractivity contribution in [1.82, 2.24) is 5.32 Å². The van der Waals surface area contributed by atoms with Gasteiger partial charge in [0.05, 0.1) is 6.61 Å². The fourth-order valence-corrected chi connectivity index (χ4v) is 3.04. The maximum absolute atomic E-state index is 5.45. The molecule has 0 saturated heterocycles. The van der Waals surface area contributed by atoms with Gasteiger partial charge in [0.1, 0.15) is 5.75 Å². The first-order valence-corrected chi connectivity index (χ1v) is 7.70. The van der Waals surface area contributed by atoms with Gasteiger partial charge in [0, 0.05) is 6.54 Å². The molecule has 1 aliphatic rings. The monoisotopic (exact) mass is 261 g/mol. The number of benzene rings is 1. The van der Waals surface area contributed by atoms with E-state index in [2.05, 4.69) is 36.5 Å². The maximum Gasteiger partial charge on any atom is 0.119 e. The first-order chi connectivity index (χ1) is 9.28. The van der Waals surface area contributed by atoms with Gasteiger partial charge in [-0.3, -0.25) is 0 Å². The van der Waals surface area contributed by atoms with Crippen molar-refractivity contribution < 1.29 is 4.74 Å². The lowest BCUT2D eigenvalue weighted by atomic mass is 9.82. The Morgan fingerprint density at radius 3 is 2.68 bits per heavy atom. The minimum atomic E-state index is 0.734. The van der Waals surface area contributed by atoms with Gasteiger partial charge in [-0.2, -0.15) is 0 Å². The van der Waals surface area contributed by atoms with Gasteiger partial charge in [-0.05, 0) is 55.8 Å². The zero-order valence-corrected chi connectivity index (χ0v) is 12.3. The molecule has 1 fully saturated rings. The van der Waals surface area contributed by atoms with Crippen LogP contribution in [0.2, 0.25) is 0 Å². The van der Waals surface area contributed by atoms with E-state index in [1.807, 2.05) is 6.92 Å². The Kier molecular flexibility index (Phi) is 5.71. The van der Waals surface area contributed by atoms with Gasteiger partial charge in [0.2, 0.25) is 0 Å². The summed E-state index contributed by atoms with van der Waals surface area (Å²) in [6, 6.07) is 8.43. The summed E-state index contributed by atoms with van der Waals surface area (Å²) in [4.78, 5) is 0. The van der Waals surface area contributed by atoms with Crippen molar-refractivity contribution in [2.75, 3.05) is 13.2 Å². The largest absolute Gasteiger partial charge is 0.494 e. The summed E-state index contributed by atoms with van der Waals surface area (Å²) in [6.07, 6.45) is 5.64. The molecule has 1 aromatic carbocycles. The van der Waals surface area contributed by atoms with Crippen molar-refractivity contribution in [3.63, 3.8) is 0 Å². The van der Waals surface area contributed by atoms with Gasteiger partial charge < -0.3 is 10.1 Å². The van der Waals surface area contributed by atoms with Crippen molar-refractivity contribution in [1.29, 1.82) is 0 Å². The molecule has 2 rings (SSSR count). The van der Waals surface area contributed by atoms with E-state index in [9.17, 15) is 0 Å². The average molecular weight is 261 g/mol. The third kappa shape index (κ3) is 4.87. The summed E-state index contributed by atoms with van der Waals surface area (Å²) in [5, 5.41) is 3.60. The summed E-state index contributed by atoms with van der Waals surface area (Å²) in [5.74, 6) is 2.77. The summed E-state index contributed by atoms with van der Waals surface area (Å²) >= 11 is 0. The molecule has 0 radical (unpaired) electrons. The molecule has 0 aliphatic heterocycles. The third-order valence-corrected chi connectivity index (χ3v) is 4.04. The van der Waals surface area contributed by atoms with Crippen LogP contribution in [0.3, 0.4) is 0 Å². The lowest BCUT2D eigenvalue weighted by Gasteiger charge is -2.26. The lowest BCUT2D eigenvalue weighted by molar-refractivity contribution is 0.274. The van der Waals surface area contributed by atoms with E-state index in [0.717, 1.165) is 37.3 Å². The fourth-order valence-electron chi connectivity index (χ4n) is 3.04. The molecule has 19 heavy (non-hydrogen) atoms. The molecule has 2 atom stereocenters. The molecular weight excluding hydrogens is 234 g/mol. The van der Waals surface area contributed by atoms with Gasteiger partial charge >= 0.3 is 0 Å². The molecule has 106 valence electrons. The zero-order chi connectivity index (χ0) is 13.5. The summed E-state index contributed by atoms with van der Waals surface area (Å²) < 4.78 is 5.45. The Labute approximate surface area is 117 Å². The van der Waals surface area contributed by atoms with Crippen molar-refractivity contribution in [3.05, 3.63) is 29.8 Å². The SMILES string of the molecule is CCOc1ccc(CNCC2CCCC(C)C2)cc1. The topological polar surface area (TPSA) is 21.3 Å². The van der Waals surface area contributed by atoms with Crippen molar-refractivity contribution in [2.45, 2.75) is 46.1 Å². The summed E-state index contributed by atoms with van der Waals surface area (Å²) in [5.41, 5.74) is 1.34. The van der Waals surface area contributed by atoms with E-state index in [-0.39, 0.29) is 0 Å². The van der Waals surface area contributed by atoms with Crippen LogP contribution in [0.5, 0.6) is 5.75 Å². The number of ether oxygens (including phenoxy) is 1. The predicted octanol–water partition coefficient (Wildman–Crippen LogP) is 4.00. The highest BCUT2D eigenvalue weighted by Crippen LogP contribution is 2.27. The molecule has 2 heteroatoms. The molecular formula is C17H27NO. The Balaban J connectivity index is 1.70. The third-order valence-electron chi connectivity index (χ3n) is 4.04. The quantitative estimate of drug-likeness (QED) is 0.835. The van der Waals surface area contributed by atoms with Gasteiger partial charge in [-0.1, -0.05) is 31.9 Å². The molecule has 1 aromatic rings. The Hall–Kier alpha value is -1.02. The lowest BCUT2D eigenvalue weighted by Crippen LogP contribution is -2.26. The highest BCUT2D eigenvalue weighted by molar-refractivity contribution is 5.27. The fraction of sp³-hybridized carbons (Fsp3) is 0.647. The standard InChI is InChI=1S/C17H27NO/c1-3-19-17-9-7-15(8-10-17)12-18-13-16-6-4-5-14(2)11-16/h7-10,14,16,18H,3-6,11-13H2,1-2H3. The minimum absolute atomic E-state index is 0.734. The van der Waals surface area contributed by atoms with Crippen LogP contribution in [0.4, 0.5) is 0 Å². The van der Waals surface area contributed by atoms with Crippen molar-refractivity contribution in [2.24, 2.45) is 11.8 Å². The van der Waals surface area contributed by atoms with Crippen molar-refractivity contribution >= 4 is 0 Å². The minimum Gasteiger partial charge on any atom is -0.494 e. The molecule has 0 aromatic heterocycles. The average Bonchev–Trinajstić information content (AvgIpc) is 2.41. The van der Waals surface area contributed by atoms with Gasteiger partial charge in [-0.25, -0.2) is 0 Å². The molecule has 0 bridgehead atoms. The van der Waals surface area contributed by atoms with Crippen molar-refractivity contribution in [3.8, 4) is 5.75 Å². The Morgan fingerprint density at radius 1 is 1.21 bits per heavy atom. The van der Waals surface area contributed by atoms with Gasteiger partial charge in [0.15, 0.2) is 0 Å². The number of rotatable bonds is 6. The molecule has 2 unspecified atom stereocenters. The van der Waals surface area contributed by atoms with Crippen LogP contribution in [0.25, 0.3) is 0 Å². The smallest absolute Gasteiger partial charge is 0.119 e. The highest BCUT2D eigenvalue weighted by atomic mass is 16.5. The highest BCUT2D eigenvalue weighted by Gasteiger charge is 2.18. The second kappa shape index (κ2) is 7.54. The van der Waals surface area contributed by atoms with E-state index in [1.165, 1.54) is 31.2 Å². The molecule has 0 heterocycles. The van der Waals surface area contributed by atoms with E-state index in [4.69, 9.17) is 4.74 Å². The molecule has 1 N–H and O–H groups in total. The number of hydrogen-bond donors (Lipinski definition) is 1. The van der Waals surface area contributed by atoms with Crippen LogP contribution in [0.1, 0.15) is 45.1 Å². The van der Waals surface area contributed by atoms with E-state index in [1.54, 1.807) is 0 Å². The normalized spacial score (nSPS) is 23.3. The first kappa shape index (κ1) is 14.4. The van der Waals surface area contributed by atoms with Crippen LogP contribution in [-0.4, -0.2) is 13.2 Å². The predicted molar refractivity (Wildman–Crippen MR) is 80.4 cm³/mol. The van der Waals surface area contributed by atoms with Crippen LogP contribution in [0, 0.1) is 11.8 Å². The number of hydrogen-bond acceptors (Lipinski definition) is 2. The molecule has 1 saturated carbocycles. The van der Waals surface area contributed by atoms with Gasteiger partial charge in [-0.15, -0.1) is 0 Å². The molecule has 0 amide bonds. The second-order valence-corrected chi connectivity index (χ2v) is 5.85. The molecule has 2 nitrogen and oxygen atoms in total. The van der Waals surface area contributed by atoms with E-state index in [0.29, 0.717) is 0 Å². The van der Waals surface area contributed by atoms with Crippen LogP contribution >= 0.6 is 0 Å². The van der Waals surface area contributed by atoms with Crippen LogP contribution in [0.15, 0.2) is 24.3 Å². The summed E-state index contributed by atoms with van der Waals surface area (Å²) in [7, 11) is 0. The Morgan fingerprint density at radius 2 is 2.00 bits per heavy atom. The van der Waals surface area contributed by atoms with E-state index >= 15 is 0 Å². The number of nitrogens with one attached hydrogen (secondary N) is 1. The summed E-state index contributed by atoms with van der Waals surface area (Å²) in [6.45, 7) is 7.27.